The molecular formula is C18H27IN6. The van der Waals surface area contributed by atoms with E-state index in [2.05, 4.69) is 56.5 Å². The first-order valence-electron chi connectivity index (χ1n) is 8.60. The monoisotopic (exact) mass is 454 g/mol. The number of aliphatic imine (C=N–C) groups is 1. The summed E-state index contributed by atoms with van der Waals surface area (Å²) >= 11 is 0. The Morgan fingerprint density at radius 2 is 2.20 bits per heavy atom. The first-order valence-corrected chi connectivity index (χ1v) is 8.60. The van der Waals surface area contributed by atoms with Gasteiger partial charge in [-0.1, -0.05) is 31.2 Å². The summed E-state index contributed by atoms with van der Waals surface area (Å²) in [5, 5.41) is 7.66. The molecular weight excluding hydrogens is 427 g/mol. The number of halogens is 1. The van der Waals surface area contributed by atoms with E-state index in [4.69, 9.17) is 0 Å². The zero-order valence-electron chi connectivity index (χ0n) is 14.9. The van der Waals surface area contributed by atoms with Gasteiger partial charge in [0.1, 0.15) is 12.7 Å². The van der Waals surface area contributed by atoms with E-state index in [0.29, 0.717) is 0 Å². The van der Waals surface area contributed by atoms with Crippen LogP contribution in [-0.4, -0.2) is 45.8 Å². The van der Waals surface area contributed by atoms with E-state index in [-0.39, 0.29) is 24.0 Å². The van der Waals surface area contributed by atoms with Gasteiger partial charge in [-0.05, 0) is 29.9 Å². The van der Waals surface area contributed by atoms with Crippen molar-refractivity contribution in [3.05, 3.63) is 48.0 Å². The minimum Gasteiger partial charge on any atom is -0.352 e. The number of nitrogens with zero attached hydrogens (tertiary/aromatic N) is 5. The molecule has 1 N–H and O–H groups in total. The fourth-order valence-corrected chi connectivity index (χ4v) is 3.23. The van der Waals surface area contributed by atoms with Crippen molar-refractivity contribution in [2.24, 2.45) is 10.9 Å². The fourth-order valence-electron chi connectivity index (χ4n) is 3.23. The molecule has 25 heavy (non-hydrogen) atoms. The third-order valence-corrected chi connectivity index (χ3v) is 4.42. The van der Waals surface area contributed by atoms with Gasteiger partial charge in [0, 0.05) is 26.7 Å². The number of hydrogen-bond donors (Lipinski definition) is 1. The first-order chi connectivity index (χ1) is 11.7. The summed E-state index contributed by atoms with van der Waals surface area (Å²) in [5.41, 5.74) is 2.47. The summed E-state index contributed by atoms with van der Waals surface area (Å²) < 4.78 is 1.83. The average molecular weight is 454 g/mol. The Morgan fingerprint density at radius 3 is 2.92 bits per heavy atom. The van der Waals surface area contributed by atoms with Crippen LogP contribution in [0.5, 0.6) is 0 Å². The standard InChI is InChI=1S/C18H26N6.HI/c1-15-5-4-8-23(11-15)18(19-2)21-10-16-6-3-7-17(9-16)12-24-14-20-13-22-24;/h3,6-7,9,13-15H,4-5,8,10-12H2,1-2H3,(H,19,21);1H. The van der Waals surface area contributed by atoms with E-state index in [1.165, 1.54) is 24.0 Å². The van der Waals surface area contributed by atoms with Crippen LogP contribution in [0.2, 0.25) is 0 Å². The largest absolute Gasteiger partial charge is 0.352 e. The van der Waals surface area contributed by atoms with Crippen molar-refractivity contribution in [2.75, 3.05) is 20.1 Å². The highest BCUT2D eigenvalue weighted by atomic mass is 127. The number of nitrogens with one attached hydrogen (secondary N) is 1. The molecule has 2 heterocycles. The zero-order valence-corrected chi connectivity index (χ0v) is 17.3. The summed E-state index contributed by atoms with van der Waals surface area (Å²) in [4.78, 5) is 10.8. The molecule has 1 aliphatic heterocycles. The maximum Gasteiger partial charge on any atom is 0.193 e. The third kappa shape index (κ3) is 5.69. The molecule has 0 amide bonds. The van der Waals surface area contributed by atoms with Gasteiger partial charge >= 0.3 is 0 Å². The normalized spacial score (nSPS) is 17.9. The van der Waals surface area contributed by atoms with Crippen LogP contribution in [-0.2, 0) is 13.1 Å². The summed E-state index contributed by atoms with van der Waals surface area (Å²) in [6, 6.07) is 8.56. The number of hydrogen-bond acceptors (Lipinski definition) is 3. The van der Waals surface area contributed by atoms with Crippen LogP contribution in [0.25, 0.3) is 0 Å². The molecule has 1 aromatic heterocycles. The van der Waals surface area contributed by atoms with Crippen molar-refractivity contribution in [3.8, 4) is 0 Å². The molecule has 1 atom stereocenters. The highest BCUT2D eigenvalue weighted by molar-refractivity contribution is 14.0. The van der Waals surface area contributed by atoms with Crippen molar-refractivity contribution in [1.82, 2.24) is 25.0 Å². The molecule has 0 spiro atoms. The number of likely N-dealkylation sites (tertiary alicyclic amines) is 1. The van der Waals surface area contributed by atoms with Crippen LogP contribution in [0.3, 0.4) is 0 Å². The summed E-state index contributed by atoms with van der Waals surface area (Å²) in [6.07, 6.45) is 5.87. The molecule has 0 radical (unpaired) electrons. The highest BCUT2D eigenvalue weighted by Crippen LogP contribution is 2.15. The molecule has 6 nitrogen and oxygen atoms in total. The fraction of sp³-hybridized carbons (Fsp3) is 0.500. The van der Waals surface area contributed by atoms with Gasteiger partial charge in [-0.25, -0.2) is 9.67 Å². The molecule has 3 rings (SSSR count). The lowest BCUT2D eigenvalue weighted by atomic mass is 10.0. The van der Waals surface area contributed by atoms with E-state index in [1.54, 1.807) is 12.7 Å². The van der Waals surface area contributed by atoms with Crippen molar-refractivity contribution >= 4 is 29.9 Å². The Labute approximate surface area is 166 Å². The third-order valence-electron chi connectivity index (χ3n) is 4.42. The van der Waals surface area contributed by atoms with Gasteiger partial charge in [0.25, 0.3) is 0 Å². The quantitative estimate of drug-likeness (QED) is 0.439. The maximum absolute atomic E-state index is 4.45. The van der Waals surface area contributed by atoms with Gasteiger partial charge in [0.05, 0.1) is 6.54 Å². The molecule has 136 valence electrons. The molecule has 0 aliphatic carbocycles. The molecule has 1 fully saturated rings. The van der Waals surface area contributed by atoms with Gasteiger partial charge in [-0.15, -0.1) is 24.0 Å². The molecule has 0 bridgehead atoms. The Morgan fingerprint density at radius 1 is 1.36 bits per heavy atom. The van der Waals surface area contributed by atoms with Gasteiger partial charge in [-0.3, -0.25) is 4.99 Å². The topological polar surface area (TPSA) is 58.3 Å². The van der Waals surface area contributed by atoms with Crippen LogP contribution in [0.4, 0.5) is 0 Å². The molecule has 1 unspecified atom stereocenters. The maximum atomic E-state index is 4.45. The van der Waals surface area contributed by atoms with Crippen LogP contribution >= 0.6 is 24.0 Å². The molecule has 7 heteroatoms. The van der Waals surface area contributed by atoms with Crippen molar-refractivity contribution < 1.29 is 0 Å². The van der Waals surface area contributed by atoms with Crippen molar-refractivity contribution in [2.45, 2.75) is 32.9 Å². The Bertz CT molecular complexity index is 670. The lowest BCUT2D eigenvalue weighted by Gasteiger charge is -2.33. The van der Waals surface area contributed by atoms with E-state index in [9.17, 15) is 0 Å². The molecule has 1 saturated heterocycles. The zero-order chi connectivity index (χ0) is 16.8. The number of piperidine rings is 1. The summed E-state index contributed by atoms with van der Waals surface area (Å²) in [6.45, 7) is 6.02. The van der Waals surface area contributed by atoms with Crippen molar-refractivity contribution in [3.63, 3.8) is 0 Å². The minimum atomic E-state index is 0. The van der Waals surface area contributed by atoms with Crippen LogP contribution in [0.15, 0.2) is 41.9 Å². The second-order valence-corrected chi connectivity index (χ2v) is 6.51. The average Bonchev–Trinajstić information content (AvgIpc) is 3.09. The van der Waals surface area contributed by atoms with Crippen molar-refractivity contribution in [1.29, 1.82) is 0 Å². The minimum absolute atomic E-state index is 0. The second kappa shape index (κ2) is 9.74. The molecule has 2 aromatic rings. The van der Waals surface area contributed by atoms with Gasteiger partial charge in [-0.2, -0.15) is 5.10 Å². The molecule has 1 aromatic carbocycles. The van der Waals surface area contributed by atoms with Gasteiger partial charge < -0.3 is 10.2 Å². The number of benzene rings is 1. The lowest BCUT2D eigenvalue weighted by molar-refractivity contribution is 0.266. The number of guanidine groups is 1. The molecule has 1 aliphatic rings. The van der Waals surface area contributed by atoms with E-state index >= 15 is 0 Å². The highest BCUT2D eigenvalue weighted by Gasteiger charge is 2.18. The Kier molecular flexibility index (Phi) is 7.67. The Balaban J connectivity index is 0.00000225. The number of rotatable bonds is 4. The summed E-state index contributed by atoms with van der Waals surface area (Å²) in [7, 11) is 1.86. The smallest absolute Gasteiger partial charge is 0.193 e. The van der Waals surface area contributed by atoms with E-state index in [1.807, 2.05) is 11.7 Å². The van der Waals surface area contributed by atoms with E-state index in [0.717, 1.165) is 38.1 Å². The van der Waals surface area contributed by atoms with Gasteiger partial charge in [0.2, 0.25) is 0 Å². The second-order valence-electron chi connectivity index (χ2n) is 6.51. The lowest BCUT2D eigenvalue weighted by Crippen LogP contribution is -2.45. The molecule has 0 saturated carbocycles. The first kappa shape index (κ1) is 19.7. The van der Waals surface area contributed by atoms with Crippen LogP contribution in [0.1, 0.15) is 30.9 Å². The summed E-state index contributed by atoms with van der Waals surface area (Å²) in [5.74, 6) is 1.74. The van der Waals surface area contributed by atoms with Gasteiger partial charge in [0.15, 0.2) is 5.96 Å². The number of aromatic nitrogens is 3. The SMILES string of the molecule is CN=C(NCc1cccc(Cn2cncn2)c1)N1CCCC(C)C1.I. The predicted molar refractivity (Wildman–Crippen MR) is 111 cm³/mol. The van der Waals surface area contributed by atoms with Crippen LogP contribution in [0, 0.1) is 5.92 Å². The predicted octanol–water partition coefficient (Wildman–Crippen LogP) is 2.75. The van der Waals surface area contributed by atoms with Crippen LogP contribution < -0.4 is 5.32 Å². The van der Waals surface area contributed by atoms with E-state index < -0.39 is 0 Å². The Hall–Kier alpha value is -1.64.